The van der Waals surface area contributed by atoms with Gasteiger partial charge in [0.15, 0.2) is 0 Å². The van der Waals surface area contributed by atoms with Crippen LogP contribution in [0.3, 0.4) is 0 Å². The number of hydrogen-bond acceptors (Lipinski definition) is 2. The standard InChI is InChI=1S/C12H14O2/c1-5-6-10-11(13-3)7-9(2)8-12(10)14-4/h1,7-8H,6H2,2-4H3. The van der Waals surface area contributed by atoms with Crippen LogP contribution in [0.1, 0.15) is 11.1 Å². The fourth-order valence-electron chi connectivity index (χ4n) is 1.39. The normalized spacial score (nSPS) is 9.29. The minimum atomic E-state index is 0.520. The maximum Gasteiger partial charge on any atom is 0.127 e. The monoisotopic (exact) mass is 190 g/mol. The summed E-state index contributed by atoms with van der Waals surface area (Å²) in [4.78, 5) is 0. The summed E-state index contributed by atoms with van der Waals surface area (Å²) >= 11 is 0. The topological polar surface area (TPSA) is 18.5 Å². The van der Waals surface area contributed by atoms with Crippen LogP contribution in [0, 0.1) is 19.3 Å². The Kier molecular flexibility index (Phi) is 3.41. The summed E-state index contributed by atoms with van der Waals surface area (Å²) in [6.45, 7) is 1.99. The zero-order valence-corrected chi connectivity index (χ0v) is 8.76. The van der Waals surface area contributed by atoms with Crippen LogP contribution in [0.4, 0.5) is 0 Å². The second-order valence-electron chi connectivity index (χ2n) is 3.03. The van der Waals surface area contributed by atoms with Crippen molar-refractivity contribution in [3.8, 4) is 23.8 Å². The molecule has 2 nitrogen and oxygen atoms in total. The molecular formula is C12H14O2. The molecule has 74 valence electrons. The molecule has 0 N–H and O–H groups in total. The number of hydrogen-bond donors (Lipinski definition) is 0. The lowest BCUT2D eigenvalue weighted by atomic mass is 10.1. The first-order valence-corrected chi connectivity index (χ1v) is 4.38. The molecule has 2 heteroatoms. The van der Waals surface area contributed by atoms with Crippen molar-refractivity contribution in [2.75, 3.05) is 14.2 Å². The van der Waals surface area contributed by atoms with Crippen LogP contribution in [0.15, 0.2) is 12.1 Å². The lowest BCUT2D eigenvalue weighted by Gasteiger charge is -2.12. The molecule has 1 rings (SSSR count). The molecule has 0 fully saturated rings. The van der Waals surface area contributed by atoms with Crippen LogP contribution in [0.2, 0.25) is 0 Å². The Hall–Kier alpha value is -1.62. The van der Waals surface area contributed by atoms with Crippen molar-refractivity contribution in [2.45, 2.75) is 13.3 Å². The van der Waals surface area contributed by atoms with Crippen LogP contribution in [0.5, 0.6) is 11.5 Å². The average molecular weight is 190 g/mol. The summed E-state index contributed by atoms with van der Waals surface area (Å²) in [6.07, 6.45) is 5.81. The Morgan fingerprint density at radius 3 is 2.07 bits per heavy atom. The second kappa shape index (κ2) is 4.57. The van der Waals surface area contributed by atoms with E-state index in [0.29, 0.717) is 6.42 Å². The molecule has 0 bridgehead atoms. The van der Waals surface area contributed by atoms with Gasteiger partial charge in [-0.05, 0) is 24.6 Å². The zero-order chi connectivity index (χ0) is 10.6. The number of rotatable bonds is 3. The highest BCUT2D eigenvalue weighted by atomic mass is 16.5. The van der Waals surface area contributed by atoms with Gasteiger partial charge in [0.1, 0.15) is 11.5 Å². The molecule has 0 radical (unpaired) electrons. The van der Waals surface area contributed by atoms with Gasteiger partial charge in [0, 0.05) is 12.0 Å². The molecule has 0 atom stereocenters. The Bertz CT molecular complexity index is 336. The molecule has 0 aromatic heterocycles. The van der Waals surface area contributed by atoms with E-state index >= 15 is 0 Å². The molecule has 1 aromatic rings. The molecule has 14 heavy (non-hydrogen) atoms. The zero-order valence-electron chi connectivity index (χ0n) is 8.76. The fourth-order valence-corrected chi connectivity index (χ4v) is 1.39. The highest BCUT2D eigenvalue weighted by Crippen LogP contribution is 2.30. The third kappa shape index (κ3) is 2.00. The highest BCUT2D eigenvalue weighted by molar-refractivity contribution is 5.49. The lowest BCUT2D eigenvalue weighted by molar-refractivity contribution is 0.387. The number of terminal acetylenes is 1. The predicted octanol–water partition coefficient (Wildman–Crippen LogP) is 2.19. The Balaban J connectivity index is 3.26. The van der Waals surface area contributed by atoms with Gasteiger partial charge in [0.25, 0.3) is 0 Å². The Morgan fingerprint density at radius 2 is 1.71 bits per heavy atom. The predicted molar refractivity (Wildman–Crippen MR) is 56.8 cm³/mol. The maximum atomic E-state index is 5.28. The summed E-state index contributed by atoms with van der Waals surface area (Å²) in [5.41, 5.74) is 2.03. The van der Waals surface area contributed by atoms with Gasteiger partial charge < -0.3 is 9.47 Å². The van der Waals surface area contributed by atoms with E-state index in [0.717, 1.165) is 22.6 Å². The largest absolute Gasteiger partial charge is 0.496 e. The number of aryl methyl sites for hydroxylation is 1. The van der Waals surface area contributed by atoms with E-state index in [2.05, 4.69) is 5.92 Å². The van der Waals surface area contributed by atoms with Gasteiger partial charge in [0.05, 0.1) is 14.2 Å². The van der Waals surface area contributed by atoms with Gasteiger partial charge in [0.2, 0.25) is 0 Å². The van der Waals surface area contributed by atoms with Crippen molar-refractivity contribution < 1.29 is 9.47 Å². The van der Waals surface area contributed by atoms with Crippen molar-refractivity contribution in [1.29, 1.82) is 0 Å². The first-order valence-electron chi connectivity index (χ1n) is 4.38. The molecule has 0 aliphatic rings. The molecule has 0 aliphatic heterocycles. The Morgan fingerprint density at radius 1 is 1.21 bits per heavy atom. The summed E-state index contributed by atoms with van der Waals surface area (Å²) in [5.74, 6) is 4.18. The van der Waals surface area contributed by atoms with Crippen LogP contribution in [-0.4, -0.2) is 14.2 Å². The summed E-state index contributed by atoms with van der Waals surface area (Å²) in [5, 5.41) is 0. The maximum absolute atomic E-state index is 5.28. The molecule has 0 amide bonds. The van der Waals surface area contributed by atoms with Gasteiger partial charge in [-0.25, -0.2) is 0 Å². The van der Waals surface area contributed by atoms with E-state index in [9.17, 15) is 0 Å². The number of ether oxygens (including phenoxy) is 2. The first kappa shape index (κ1) is 10.5. The molecule has 0 aliphatic carbocycles. The lowest BCUT2D eigenvalue weighted by Crippen LogP contribution is -1.97. The van der Waals surface area contributed by atoms with Crippen LogP contribution < -0.4 is 9.47 Å². The van der Waals surface area contributed by atoms with E-state index in [4.69, 9.17) is 15.9 Å². The summed E-state index contributed by atoms with van der Waals surface area (Å²) in [7, 11) is 3.27. The minimum absolute atomic E-state index is 0.520. The van der Waals surface area contributed by atoms with Gasteiger partial charge in [-0.15, -0.1) is 12.3 Å². The molecule has 0 saturated heterocycles. The van der Waals surface area contributed by atoms with Gasteiger partial charge in [-0.1, -0.05) is 0 Å². The first-order chi connectivity index (χ1) is 6.72. The van der Waals surface area contributed by atoms with E-state index in [1.54, 1.807) is 14.2 Å². The van der Waals surface area contributed by atoms with Crippen molar-refractivity contribution in [3.63, 3.8) is 0 Å². The molecular weight excluding hydrogens is 176 g/mol. The number of methoxy groups -OCH3 is 2. The smallest absolute Gasteiger partial charge is 0.127 e. The molecule has 0 heterocycles. The molecule has 1 aromatic carbocycles. The SMILES string of the molecule is C#CCc1c(OC)cc(C)cc1OC. The Labute approximate surface area is 84.8 Å². The fraction of sp³-hybridized carbons (Fsp3) is 0.333. The third-order valence-electron chi connectivity index (χ3n) is 2.03. The van der Waals surface area contributed by atoms with Crippen LogP contribution >= 0.6 is 0 Å². The molecule has 0 saturated carbocycles. The molecule has 0 spiro atoms. The van der Waals surface area contributed by atoms with Crippen LogP contribution in [-0.2, 0) is 6.42 Å². The van der Waals surface area contributed by atoms with E-state index in [1.165, 1.54) is 0 Å². The van der Waals surface area contributed by atoms with Crippen molar-refractivity contribution in [2.24, 2.45) is 0 Å². The average Bonchev–Trinajstić information content (AvgIpc) is 2.20. The quantitative estimate of drug-likeness (QED) is 0.680. The minimum Gasteiger partial charge on any atom is -0.496 e. The second-order valence-corrected chi connectivity index (χ2v) is 3.03. The van der Waals surface area contributed by atoms with Crippen LogP contribution in [0.25, 0.3) is 0 Å². The third-order valence-corrected chi connectivity index (χ3v) is 2.03. The molecule has 0 unspecified atom stereocenters. The van der Waals surface area contributed by atoms with Crippen molar-refractivity contribution >= 4 is 0 Å². The van der Waals surface area contributed by atoms with Gasteiger partial charge >= 0.3 is 0 Å². The van der Waals surface area contributed by atoms with Gasteiger partial charge in [-0.3, -0.25) is 0 Å². The summed E-state index contributed by atoms with van der Waals surface area (Å²) in [6, 6.07) is 3.91. The van der Waals surface area contributed by atoms with E-state index in [1.807, 2.05) is 19.1 Å². The van der Waals surface area contributed by atoms with Crippen molar-refractivity contribution in [1.82, 2.24) is 0 Å². The summed E-state index contributed by atoms with van der Waals surface area (Å²) < 4.78 is 10.5. The number of benzene rings is 1. The highest BCUT2D eigenvalue weighted by Gasteiger charge is 2.09. The van der Waals surface area contributed by atoms with Crippen molar-refractivity contribution in [3.05, 3.63) is 23.3 Å². The van der Waals surface area contributed by atoms with E-state index in [-0.39, 0.29) is 0 Å². The van der Waals surface area contributed by atoms with E-state index < -0.39 is 0 Å². The van der Waals surface area contributed by atoms with Gasteiger partial charge in [-0.2, -0.15) is 0 Å².